The monoisotopic (exact) mass is 176 g/mol. The van der Waals surface area contributed by atoms with E-state index < -0.39 is 28.6 Å². The summed E-state index contributed by atoms with van der Waals surface area (Å²) < 4.78 is 54.6. The fourth-order valence-corrected chi connectivity index (χ4v) is 0.689. The number of halogens is 3. The summed E-state index contributed by atoms with van der Waals surface area (Å²) >= 11 is 0. The second-order valence-corrected chi connectivity index (χ2v) is 3.19. The van der Waals surface area contributed by atoms with Gasteiger partial charge in [-0.1, -0.05) is 0 Å². The molecule has 0 aromatic heterocycles. The molecule has 6 heteroatoms. The molecular formula is C4H7F3O2S. The molecule has 2 unspecified atom stereocenters. The Morgan fingerprint density at radius 3 is 1.70 bits per heavy atom. The molecule has 0 spiro atoms. The van der Waals surface area contributed by atoms with E-state index in [2.05, 4.69) is 0 Å². The van der Waals surface area contributed by atoms with Crippen molar-refractivity contribution in [2.45, 2.75) is 24.8 Å². The third-order valence-electron chi connectivity index (χ3n) is 1.03. The van der Waals surface area contributed by atoms with Crippen LogP contribution in [-0.2, 0) is 10.7 Å². The van der Waals surface area contributed by atoms with Crippen molar-refractivity contribution >= 4 is 10.7 Å². The average molecular weight is 176 g/mol. The zero-order valence-electron chi connectivity index (χ0n) is 5.13. The van der Waals surface area contributed by atoms with Gasteiger partial charge in [0.05, 0.1) is 5.25 Å². The van der Waals surface area contributed by atoms with Gasteiger partial charge in [-0.3, -0.25) is 0 Å². The quantitative estimate of drug-likeness (QED) is 0.638. The normalized spacial score (nSPS) is 17.8. The molecule has 2 atom stereocenters. The Kier molecular flexibility index (Phi) is 3.70. The lowest BCUT2D eigenvalue weighted by atomic mass is 10.3. The molecule has 0 saturated carbocycles. The molecule has 0 bridgehead atoms. The van der Waals surface area contributed by atoms with Crippen LogP contribution in [0.5, 0.6) is 0 Å². The van der Waals surface area contributed by atoms with Gasteiger partial charge in [-0.05, 0) is 6.92 Å². The summed E-state index contributed by atoms with van der Waals surface area (Å²) in [4.78, 5) is 0. The predicted molar refractivity (Wildman–Crippen MR) is 30.7 cm³/mol. The molecule has 0 aromatic carbocycles. The van der Waals surface area contributed by atoms with E-state index in [9.17, 15) is 21.6 Å². The summed E-state index contributed by atoms with van der Waals surface area (Å²) in [5.41, 5.74) is 0. The van der Waals surface area contributed by atoms with E-state index in [0.717, 1.165) is 6.92 Å². The van der Waals surface area contributed by atoms with Crippen molar-refractivity contribution in [1.29, 1.82) is 0 Å². The summed E-state index contributed by atoms with van der Waals surface area (Å²) in [6, 6.07) is 0. The van der Waals surface area contributed by atoms with Crippen molar-refractivity contribution in [1.82, 2.24) is 0 Å². The predicted octanol–water partition coefficient (Wildman–Crippen LogP) is 0.590. The van der Waals surface area contributed by atoms with Gasteiger partial charge in [0.15, 0.2) is 6.17 Å². The standard InChI is InChI=1S/C4H7F3O2S/c1-2(10(8)9)3(5)4(6)7/h2-4,10H,1H3. The smallest absolute Gasteiger partial charge is 0.240 e. The first-order valence-electron chi connectivity index (χ1n) is 2.52. The van der Waals surface area contributed by atoms with E-state index in [0.29, 0.717) is 0 Å². The van der Waals surface area contributed by atoms with Crippen LogP contribution in [0.4, 0.5) is 13.2 Å². The lowest BCUT2D eigenvalue weighted by molar-refractivity contribution is 0.0503. The highest BCUT2D eigenvalue weighted by molar-refractivity contribution is 7.73. The average Bonchev–Trinajstić information content (AvgIpc) is 1.84. The molecule has 62 valence electrons. The molecule has 0 rings (SSSR count). The second-order valence-electron chi connectivity index (χ2n) is 1.80. The molecule has 0 aliphatic heterocycles. The summed E-state index contributed by atoms with van der Waals surface area (Å²) in [5, 5.41) is -1.60. The van der Waals surface area contributed by atoms with Crippen molar-refractivity contribution in [2.75, 3.05) is 0 Å². The largest absolute Gasteiger partial charge is 0.270 e. The van der Waals surface area contributed by atoms with Gasteiger partial charge in [0.2, 0.25) is 0 Å². The Labute approximate surface area is 58.0 Å². The van der Waals surface area contributed by atoms with Gasteiger partial charge in [0, 0.05) is 0 Å². The first-order valence-corrected chi connectivity index (χ1v) is 3.77. The number of rotatable bonds is 3. The van der Waals surface area contributed by atoms with Crippen LogP contribution < -0.4 is 0 Å². The van der Waals surface area contributed by atoms with Crippen LogP contribution in [0, 0.1) is 0 Å². The Morgan fingerprint density at radius 2 is 1.60 bits per heavy atom. The fourth-order valence-electron chi connectivity index (χ4n) is 0.327. The number of thiol groups is 1. The number of alkyl halides is 3. The second kappa shape index (κ2) is 3.80. The Balaban J connectivity index is 4.07. The summed E-state index contributed by atoms with van der Waals surface area (Å²) in [6.07, 6.45) is -5.79. The fraction of sp³-hybridized carbons (Fsp3) is 1.00. The zero-order chi connectivity index (χ0) is 8.31. The van der Waals surface area contributed by atoms with Crippen LogP contribution in [-0.4, -0.2) is 26.3 Å². The Morgan fingerprint density at radius 1 is 1.20 bits per heavy atom. The third kappa shape index (κ3) is 2.55. The maximum absolute atomic E-state index is 12.0. The van der Waals surface area contributed by atoms with E-state index in [-0.39, 0.29) is 0 Å². The highest BCUT2D eigenvalue weighted by Gasteiger charge is 2.27. The topological polar surface area (TPSA) is 34.1 Å². The molecule has 0 aliphatic rings. The molecule has 0 aromatic rings. The minimum absolute atomic E-state index is 0.905. The van der Waals surface area contributed by atoms with Gasteiger partial charge >= 0.3 is 0 Å². The molecule has 0 heterocycles. The maximum atomic E-state index is 12.0. The number of hydrogen-bond acceptors (Lipinski definition) is 2. The molecule has 2 nitrogen and oxygen atoms in total. The van der Waals surface area contributed by atoms with Crippen LogP contribution in [0.15, 0.2) is 0 Å². The van der Waals surface area contributed by atoms with E-state index >= 15 is 0 Å². The minimum Gasteiger partial charge on any atom is -0.240 e. The molecular weight excluding hydrogens is 169 g/mol. The Bertz CT molecular complexity index is 160. The van der Waals surface area contributed by atoms with Gasteiger partial charge in [0.25, 0.3) is 6.43 Å². The van der Waals surface area contributed by atoms with Gasteiger partial charge in [-0.15, -0.1) is 0 Å². The third-order valence-corrected chi connectivity index (χ3v) is 1.98. The molecule has 0 amide bonds. The van der Waals surface area contributed by atoms with Crippen LogP contribution in [0.25, 0.3) is 0 Å². The summed E-state index contributed by atoms with van der Waals surface area (Å²) in [7, 11) is -3.09. The summed E-state index contributed by atoms with van der Waals surface area (Å²) in [6.45, 7) is 0.905. The van der Waals surface area contributed by atoms with Gasteiger partial charge in [-0.2, -0.15) is 0 Å². The molecule has 10 heavy (non-hydrogen) atoms. The Hall–Kier alpha value is -0.260. The number of hydrogen-bond donors (Lipinski definition) is 1. The van der Waals surface area contributed by atoms with E-state index in [1.165, 1.54) is 0 Å². The first kappa shape index (κ1) is 9.74. The minimum atomic E-state index is -3.22. The van der Waals surface area contributed by atoms with Gasteiger partial charge < -0.3 is 0 Å². The van der Waals surface area contributed by atoms with E-state index in [4.69, 9.17) is 0 Å². The van der Waals surface area contributed by atoms with Crippen molar-refractivity contribution in [2.24, 2.45) is 0 Å². The van der Waals surface area contributed by atoms with Gasteiger partial charge in [-0.25, -0.2) is 21.6 Å². The first-order chi connectivity index (χ1) is 4.46. The summed E-state index contributed by atoms with van der Waals surface area (Å²) in [5.74, 6) is 0. The highest BCUT2D eigenvalue weighted by Crippen LogP contribution is 2.11. The SMILES string of the molecule is CC(C(F)C(F)F)[SH](=O)=O. The maximum Gasteiger partial charge on any atom is 0.270 e. The van der Waals surface area contributed by atoms with Crippen LogP contribution in [0.2, 0.25) is 0 Å². The lowest BCUT2D eigenvalue weighted by Gasteiger charge is -2.08. The van der Waals surface area contributed by atoms with Crippen molar-refractivity contribution in [3.63, 3.8) is 0 Å². The van der Waals surface area contributed by atoms with Crippen molar-refractivity contribution < 1.29 is 21.6 Å². The van der Waals surface area contributed by atoms with Gasteiger partial charge in [0.1, 0.15) is 10.7 Å². The van der Waals surface area contributed by atoms with Crippen molar-refractivity contribution in [3.8, 4) is 0 Å². The van der Waals surface area contributed by atoms with Crippen molar-refractivity contribution in [3.05, 3.63) is 0 Å². The molecule has 0 N–H and O–H groups in total. The molecule has 0 fully saturated rings. The van der Waals surface area contributed by atoms with E-state index in [1.54, 1.807) is 0 Å². The highest BCUT2D eigenvalue weighted by atomic mass is 32.2. The molecule has 0 aliphatic carbocycles. The van der Waals surface area contributed by atoms with E-state index in [1.807, 2.05) is 0 Å². The lowest BCUT2D eigenvalue weighted by Crippen LogP contribution is -2.27. The van der Waals surface area contributed by atoms with Crippen LogP contribution >= 0.6 is 0 Å². The van der Waals surface area contributed by atoms with Crippen LogP contribution in [0.1, 0.15) is 6.92 Å². The molecule has 0 saturated heterocycles. The van der Waals surface area contributed by atoms with Crippen LogP contribution in [0.3, 0.4) is 0 Å². The molecule has 0 radical (unpaired) electrons. The zero-order valence-corrected chi connectivity index (χ0v) is 6.02.